The lowest BCUT2D eigenvalue weighted by Gasteiger charge is -2.21. The molecule has 0 atom stereocenters. The summed E-state index contributed by atoms with van der Waals surface area (Å²) >= 11 is 0. The van der Waals surface area contributed by atoms with Gasteiger partial charge >= 0.3 is 6.16 Å². The summed E-state index contributed by atoms with van der Waals surface area (Å²) in [5.41, 5.74) is 0. The van der Waals surface area contributed by atoms with E-state index in [-0.39, 0.29) is 0 Å². The van der Waals surface area contributed by atoms with Crippen molar-refractivity contribution < 1.29 is 19.0 Å². The molecule has 0 amide bonds. The summed E-state index contributed by atoms with van der Waals surface area (Å²) in [6.07, 6.45) is -0.608. The molecule has 1 saturated heterocycles. The molecule has 96 valence electrons. The minimum Gasteiger partial charge on any atom is -0.438 e. The van der Waals surface area contributed by atoms with Crippen molar-refractivity contribution in [3.8, 4) is 0 Å². The van der Waals surface area contributed by atoms with Crippen molar-refractivity contribution in [2.45, 2.75) is 13.8 Å². The molecular formula is C11H23NO4. The first kappa shape index (κ1) is 15.2. The maximum atomic E-state index is 10.3. The molecule has 16 heavy (non-hydrogen) atoms. The monoisotopic (exact) mass is 233 g/mol. The third-order valence-electron chi connectivity index (χ3n) is 1.94. The molecule has 0 aromatic heterocycles. The Labute approximate surface area is 97.7 Å². The first-order chi connectivity index (χ1) is 7.56. The van der Waals surface area contributed by atoms with E-state index in [0.29, 0.717) is 12.5 Å². The Kier molecular flexibility index (Phi) is 8.94. The molecule has 0 N–H and O–H groups in total. The average Bonchev–Trinajstić information content (AvgIpc) is 2.27. The van der Waals surface area contributed by atoms with E-state index in [2.05, 4.69) is 21.4 Å². The van der Waals surface area contributed by atoms with Gasteiger partial charge in [-0.15, -0.1) is 0 Å². The van der Waals surface area contributed by atoms with Gasteiger partial charge in [0.1, 0.15) is 0 Å². The van der Waals surface area contributed by atoms with Crippen LogP contribution in [0.5, 0.6) is 0 Å². The predicted octanol–water partition coefficient (Wildman–Crippen LogP) is 1.37. The minimum atomic E-state index is -0.608. The number of carbonyl (C=O) groups is 1. The zero-order valence-corrected chi connectivity index (χ0v) is 10.7. The van der Waals surface area contributed by atoms with Crippen LogP contribution < -0.4 is 0 Å². The summed E-state index contributed by atoms with van der Waals surface area (Å²) in [4.78, 5) is 12.5. The highest BCUT2D eigenvalue weighted by Gasteiger charge is 2.02. The zero-order chi connectivity index (χ0) is 12.4. The van der Waals surface area contributed by atoms with Crippen molar-refractivity contribution >= 4 is 6.16 Å². The van der Waals surface area contributed by atoms with Gasteiger partial charge in [-0.1, -0.05) is 13.8 Å². The Hall–Kier alpha value is -0.810. The maximum absolute atomic E-state index is 10.3. The van der Waals surface area contributed by atoms with Crippen molar-refractivity contribution in [1.82, 2.24) is 4.90 Å². The Morgan fingerprint density at radius 2 is 1.94 bits per heavy atom. The normalized spacial score (nSPS) is 16.3. The number of hydrogen-bond acceptors (Lipinski definition) is 5. The van der Waals surface area contributed by atoms with E-state index in [9.17, 15) is 4.79 Å². The SMILES string of the molecule is CN1CCOCC1.COC(=O)OCC(C)C. The second-order valence-corrected chi connectivity index (χ2v) is 4.07. The largest absolute Gasteiger partial charge is 0.507 e. The third-order valence-corrected chi connectivity index (χ3v) is 1.94. The van der Waals surface area contributed by atoms with Gasteiger partial charge in [0.25, 0.3) is 0 Å². The van der Waals surface area contributed by atoms with E-state index in [0.717, 1.165) is 26.3 Å². The molecule has 1 aliphatic heterocycles. The predicted molar refractivity (Wildman–Crippen MR) is 61.5 cm³/mol. The van der Waals surface area contributed by atoms with E-state index in [1.165, 1.54) is 7.11 Å². The molecule has 1 fully saturated rings. The fraction of sp³-hybridized carbons (Fsp3) is 0.909. The number of morpholine rings is 1. The summed E-state index contributed by atoms with van der Waals surface area (Å²) in [7, 11) is 3.41. The third kappa shape index (κ3) is 9.73. The van der Waals surface area contributed by atoms with Crippen LogP contribution in [0.25, 0.3) is 0 Å². The highest BCUT2D eigenvalue weighted by Crippen LogP contribution is 1.93. The molecule has 0 unspecified atom stereocenters. The number of methoxy groups -OCH3 is 1. The number of likely N-dealkylation sites (N-methyl/N-ethyl adjacent to an activating group) is 1. The summed E-state index contributed by atoms with van der Waals surface area (Å²) in [6.45, 7) is 8.37. The smallest absolute Gasteiger partial charge is 0.438 e. The number of nitrogens with zero attached hydrogens (tertiary/aromatic N) is 1. The maximum Gasteiger partial charge on any atom is 0.507 e. The molecule has 0 aliphatic carbocycles. The van der Waals surface area contributed by atoms with E-state index < -0.39 is 6.16 Å². The van der Waals surface area contributed by atoms with Gasteiger partial charge in [0.05, 0.1) is 26.9 Å². The molecule has 5 heteroatoms. The van der Waals surface area contributed by atoms with Crippen LogP contribution in [0.1, 0.15) is 13.8 Å². The van der Waals surface area contributed by atoms with E-state index in [1.54, 1.807) is 0 Å². The van der Waals surface area contributed by atoms with Crippen molar-refractivity contribution in [3.63, 3.8) is 0 Å². The van der Waals surface area contributed by atoms with Gasteiger partial charge < -0.3 is 19.1 Å². The molecule has 0 bridgehead atoms. The quantitative estimate of drug-likeness (QED) is 0.674. The van der Waals surface area contributed by atoms with Crippen LogP contribution in [0.2, 0.25) is 0 Å². The Balaban J connectivity index is 0.000000288. The van der Waals surface area contributed by atoms with Crippen LogP contribution in [-0.4, -0.2) is 58.1 Å². The van der Waals surface area contributed by atoms with Crippen LogP contribution in [0, 0.1) is 5.92 Å². The van der Waals surface area contributed by atoms with Gasteiger partial charge in [0.15, 0.2) is 0 Å². The molecule has 0 radical (unpaired) electrons. The number of ether oxygens (including phenoxy) is 3. The van der Waals surface area contributed by atoms with Crippen LogP contribution in [0.4, 0.5) is 4.79 Å². The lowest BCUT2D eigenvalue weighted by atomic mass is 10.2. The van der Waals surface area contributed by atoms with Gasteiger partial charge in [-0.05, 0) is 13.0 Å². The van der Waals surface area contributed by atoms with Crippen LogP contribution in [0.3, 0.4) is 0 Å². The number of rotatable bonds is 2. The Morgan fingerprint density at radius 1 is 1.38 bits per heavy atom. The topological polar surface area (TPSA) is 48.0 Å². The van der Waals surface area contributed by atoms with Crippen molar-refractivity contribution in [3.05, 3.63) is 0 Å². The lowest BCUT2D eigenvalue weighted by molar-refractivity contribution is 0.0503. The fourth-order valence-corrected chi connectivity index (χ4v) is 0.948. The molecule has 0 saturated carbocycles. The number of carbonyl (C=O) groups excluding carboxylic acids is 1. The first-order valence-electron chi connectivity index (χ1n) is 5.53. The molecule has 1 aliphatic rings. The van der Waals surface area contributed by atoms with E-state index >= 15 is 0 Å². The fourth-order valence-electron chi connectivity index (χ4n) is 0.948. The first-order valence-corrected chi connectivity index (χ1v) is 5.53. The highest BCUT2D eigenvalue weighted by molar-refractivity contribution is 5.59. The van der Waals surface area contributed by atoms with Crippen molar-refractivity contribution in [1.29, 1.82) is 0 Å². The molecule has 1 heterocycles. The average molecular weight is 233 g/mol. The summed E-state index contributed by atoms with van der Waals surface area (Å²) in [6, 6.07) is 0. The number of hydrogen-bond donors (Lipinski definition) is 0. The summed E-state index contributed by atoms with van der Waals surface area (Å²) < 4.78 is 13.9. The Morgan fingerprint density at radius 3 is 2.25 bits per heavy atom. The molecule has 1 rings (SSSR count). The van der Waals surface area contributed by atoms with Gasteiger partial charge in [-0.25, -0.2) is 4.79 Å². The summed E-state index contributed by atoms with van der Waals surface area (Å²) in [5, 5.41) is 0. The minimum absolute atomic E-state index is 0.365. The highest BCUT2D eigenvalue weighted by atomic mass is 16.7. The van der Waals surface area contributed by atoms with E-state index in [1.807, 2.05) is 13.8 Å². The second-order valence-electron chi connectivity index (χ2n) is 4.07. The van der Waals surface area contributed by atoms with Crippen LogP contribution in [-0.2, 0) is 14.2 Å². The molecule has 5 nitrogen and oxygen atoms in total. The van der Waals surface area contributed by atoms with Gasteiger partial charge in [-0.3, -0.25) is 0 Å². The standard InChI is InChI=1S/C6H12O3.C5H11NO/c1-5(2)4-9-6(7)8-3;1-6-2-4-7-5-3-6/h5H,4H2,1-3H3;2-5H2,1H3. The Bertz CT molecular complexity index is 179. The van der Waals surface area contributed by atoms with E-state index in [4.69, 9.17) is 4.74 Å². The summed E-state index contributed by atoms with van der Waals surface area (Å²) in [5.74, 6) is 0.365. The van der Waals surface area contributed by atoms with Gasteiger partial charge in [-0.2, -0.15) is 0 Å². The van der Waals surface area contributed by atoms with Gasteiger partial charge in [0.2, 0.25) is 0 Å². The second kappa shape index (κ2) is 9.42. The molecule has 0 aromatic rings. The molecular weight excluding hydrogens is 210 g/mol. The molecule has 0 aromatic carbocycles. The van der Waals surface area contributed by atoms with Gasteiger partial charge in [0, 0.05) is 13.1 Å². The zero-order valence-electron chi connectivity index (χ0n) is 10.7. The lowest BCUT2D eigenvalue weighted by Crippen LogP contribution is -2.32. The van der Waals surface area contributed by atoms with Crippen molar-refractivity contribution in [2.24, 2.45) is 5.92 Å². The van der Waals surface area contributed by atoms with Crippen LogP contribution >= 0.6 is 0 Å². The molecule has 0 spiro atoms. The van der Waals surface area contributed by atoms with Crippen LogP contribution in [0.15, 0.2) is 0 Å². The van der Waals surface area contributed by atoms with Crippen molar-refractivity contribution in [2.75, 3.05) is 47.1 Å².